The van der Waals surface area contributed by atoms with Gasteiger partial charge in [0.15, 0.2) is 0 Å². The summed E-state index contributed by atoms with van der Waals surface area (Å²) in [7, 11) is 0. The zero-order valence-electron chi connectivity index (χ0n) is 46.4. The van der Waals surface area contributed by atoms with E-state index in [-0.39, 0.29) is 18.5 Å². The fourth-order valence-electron chi connectivity index (χ4n) is 10.1. The summed E-state index contributed by atoms with van der Waals surface area (Å²) >= 11 is 0. The van der Waals surface area contributed by atoms with E-state index in [1.54, 1.807) is 0 Å². The Labute approximate surface area is 426 Å². The number of nitrogens with one attached hydrogen (secondary N) is 1. The third-order valence-electron chi connectivity index (χ3n) is 14.9. The molecule has 0 heterocycles. The van der Waals surface area contributed by atoms with Crippen LogP contribution < -0.4 is 5.32 Å². The first-order chi connectivity index (χ1) is 33.5. The van der Waals surface area contributed by atoms with E-state index in [0.29, 0.717) is 25.9 Å². The average molecular weight is 963 g/mol. The molecule has 0 saturated carbocycles. The third kappa shape index (κ3) is 54.2. The lowest BCUT2D eigenvalue weighted by molar-refractivity contribution is -0.143. The average Bonchev–Trinajstić information content (AvgIpc) is 3.34. The molecule has 0 spiro atoms. The maximum absolute atomic E-state index is 12.5. The maximum atomic E-state index is 12.5. The van der Waals surface area contributed by atoms with Gasteiger partial charge in [0, 0.05) is 12.8 Å². The summed E-state index contributed by atoms with van der Waals surface area (Å²) in [6.45, 7) is 4.98. The van der Waals surface area contributed by atoms with E-state index >= 15 is 0 Å². The Morgan fingerprint density at radius 1 is 0.353 bits per heavy atom. The molecule has 1 amide bonds. The van der Waals surface area contributed by atoms with Gasteiger partial charge in [0.1, 0.15) is 0 Å². The molecule has 0 aliphatic rings. The molecule has 0 rings (SSSR count). The highest BCUT2D eigenvalue weighted by Crippen LogP contribution is 2.19. The van der Waals surface area contributed by atoms with E-state index in [4.69, 9.17) is 4.74 Å². The Bertz CT molecular complexity index is 975. The number of amides is 1. The summed E-state index contributed by atoms with van der Waals surface area (Å²) in [5.74, 6) is -0.0233. The summed E-state index contributed by atoms with van der Waals surface area (Å²) in [6.07, 6.45) is 68.2. The Balaban J connectivity index is 3.39. The molecule has 0 aromatic heterocycles. The van der Waals surface area contributed by atoms with Crippen molar-refractivity contribution >= 4 is 11.9 Å². The lowest BCUT2D eigenvalue weighted by Crippen LogP contribution is -2.45. The van der Waals surface area contributed by atoms with Crippen molar-refractivity contribution in [1.29, 1.82) is 0 Å². The van der Waals surface area contributed by atoms with E-state index in [1.165, 1.54) is 289 Å². The molecule has 0 aliphatic carbocycles. The van der Waals surface area contributed by atoms with E-state index in [9.17, 15) is 19.8 Å². The molecular formula is C62H123NO5. The fourth-order valence-corrected chi connectivity index (χ4v) is 10.1. The van der Waals surface area contributed by atoms with Crippen LogP contribution in [0.3, 0.4) is 0 Å². The summed E-state index contributed by atoms with van der Waals surface area (Å²) in [6, 6.07) is -0.543. The van der Waals surface area contributed by atoms with Gasteiger partial charge in [-0.15, -0.1) is 0 Å². The normalized spacial score (nSPS) is 12.5. The molecule has 0 aromatic rings. The van der Waals surface area contributed by atoms with Crippen LogP contribution in [-0.2, 0) is 14.3 Å². The van der Waals surface area contributed by atoms with Gasteiger partial charge in [-0.1, -0.05) is 322 Å². The summed E-state index contributed by atoms with van der Waals surface area (Å²) in [5, 5.41) is 23.3. The maximum Gasteiger partial charge on any atom is 0.305 e. The second-order valence-corrected chi connectivity index (χ2v) is 21.8. The molecule has 406 valence electrons. The van der Waals surface area contributed by atoms with Crippen LogP contribution in [0.4, 0.5) is 0 Å². The Hall–Kier alpha value is -1.14. The molecular weight excluding hydrogens is 839 g/mol. The van der Waals surface area contributed by atoms with Gasteiger partial charge in [-0.3, -0.25) is 9.59 Å². The minimum absolute atomic E-state index is 0.0115. The van der Waals surface area contributed by atoms with Gasteiger partial charge in [0.05, 0.1) is 25.4 Å². The first-order valence-electron chi connectivity index (χ1n) is 31.3. The number of esters is 1. The summed E-state index contributed by atoms with van der Waals surface area (Å²) < 4.78 is 5.49. The van der Waals surface area contributed by atoms with Crippen molar-refractivity contribution in [3.05, 3.63) is 0 Å². The number of carbonyl (C=O) groups is 2. The van der Waals surface area contributed by atoms with Gasteiger partial charge in [-0.25, -0.2) is 0 Å². The van der Waals surface area contributed by atoms with Crippen molar-refractivity contribution in [2.24, 2.45) is 0 Å². The molecule has 68 heavy (non-hydrogen) atoms. The minimum atomic E-state index is -0.666. The van der Waals surface area contributed by atoms with Crippen LogP contribution in [0.2, 0.25) is 0 Å². The zero-order chi connectivity index (χ0) is 49.3. The summed E-state index contributed by atoms with van der Waals surface area (Å²) in [4.78, 5) is 24.6. The second kappa shape index (κ2) is 58.4. The topological polar surface area (TPSA) is 95.9 Å². The van der Waals surface area contributed by atoms with Crippen molar-refractivity contribution in [2.75, 3.05) is 13.2 Å². The van der Waals surface area contributed by atoms with Crippen molar-refractivity contribution in [2.45, 2.75) is 373 Å². The molecule has 3 N–H and O–H groups in total. The minimum Gasteiger partial charge on any atom is -0.466 e. The number of hydrogen-bond donors (Lipinski definition) is 3. The number of aliphatic hydroxyl groups is 2. The first-order valence-corrected chi connectivity index (χ1v) is 31.3. The van der Waals surface area contributed by atoms with Gasteiger partial charge < -0.3 is 20.3 Å². The van der Waals surface area contributed by atoms with Gasteiger partial charge in [0.2, 0.25) is 5.91 Å². The van der Waals surface area contributed by atoms with Gasteiger partial charge in [-0.2, -0.15) is 0 Å². The van der Waals surface area contributed by atoms with E-state index in [0.717, 1.165) is 38.5 Å². The molecule has 0 fully saturated rings. The quantitative estimate of drug-likeness (QED) is 0.0417. The van der Waals surface area contributed by atoms with Crippen LogP contribution >= 0.6 is 0 Å². The van der Waals surface area contributed by atoms with Crippen molar-refractivity contribution in [3.63, 3.8) is 0 Å². The van der Waals surface area contributed by atoms with Crippen LogP contribution in [0.25, 0.3) is 0 Å². The molecule has 2 atom stereocenters. The van der Waals surface area contributed by atoms with Crippen LogP contribution in [-0.4, -0.2) is 47.4 Å². The first kappa shape index (κ1) is 66.9. The zero-order valence-corrected chi connectivity index (χ0v) is 46.4. The Kier molecular flexibility index (Phi) is 57.5. The number of ether oxygens (including phenoxy) is 1. The van der Waals surface area contributed by atoms with E-state index in [1.807, 2.05) is 0 Å². The largest absolute Gasteiger partial charge is 0.466 e. The number of rotatable bonds is 59. The molecule has 0 aromatic carbocycles. The lowest BCUT2D eigenvalue weighted by atomic mass is 10.0. The molecule has 0 aliphatic heterocycles. The van der Waals surface area contributed by atoms with Gasteiger partial charge in [0.25, 0.3) is 0 Å². The number of unbranched alkanes of at least 4 members (excludes halogenated alkanes) is 48. The molecule has 0 saturated heterocycles. The second-order valence-electron chi connectivity index (χ2n) is 21.8. The van der Waals surface area contributed by atoms with Crippen LogP contribution in [0.1, 0.15) is 361 Å². The SMILES string of the molecule is CCCCCCCCCCCCCCCCCCCCC(O)C(CO)NC(=O)CCCCCCCCCCCCCCCCCCCCOC(=O)CCCCCCCCCCCCCCCCC. The molecule has 2 unspecified atom stereocenters. The van der Waals surface area contributed by atoms with E-state index in [2.05, 4.69) is 19.2 Å². The lowest BCUT2D eigenvalue weighted by Gasteiger charge is -2.22. The monoisotopic (exact) mass is 962 g/mol. The van der Waals surface area contributed by atoms with Crippen molar-refractivity contribution in [1.82, 2.24) is 5.32 Å². The van der Waals surface area contributed by atoms with Crippen molar-refractivity contribution < 1.29 is 24.5 Å². The van der Waals surface area contributed by atoms with Crippen LogP contribution in [0.5, 0.6) is 0 Å². The van der Waals surface area contributed by atoms with Crippen LogP contribution in [0, 0.1) is 0 Å². The number of carbonyl (C=O) groups excluding carboxylic acids is 2. The highest BCUT2D eigenvalue weighted by atomic mass is 16.5. The fraction of sp³-hybridized carbons (Fsp3) is 0.968. The molecule has 6 heteroatoms. The Morgan fingerprint density at radius 2 is 0.603 bits per heavy atom. The highest BCUT2D eigenvalue weighted by molar-refractivity contribution is 5.76. The predicted octanol–water partition coefficient (Wildman–Crippen LogP) is 19.5. The third-order valence-corrected chi connectivity index (χ3v) is 14.9. The highest BCUT2D eigenvalue weighted by Gasteiger charge is 2.20. The van der Waals surface area contributed by atoms with Crippen LogP contribution in [0.15, 0.2) is 0 Å². The number of aliphatic hydroxyl groups excluding tert-OH is 2. The molecule has 0 radical (unpaired) electrons. The van der Waals surface area contributed by atoms with Crippen molar-refractivity contribution in [3.8, 4) is 0 Å². The van der Waals surface area contributed by atoms with Gasteiger partial charge in [-0.05, 0) is 25.7 Å². The van der Waals surface area contributed by atoms with Gasteiger partial charge >= 0.3 is 5.97 Å². The molecule has 6 nitrogen and oxygen atoms in total. The summed E-state index contributed by atoms with van der Waals surface area (Å²) in [5.41, 5.74) is 0. The Morgan fingerprint density at radius 3 is 0.897 bits per heavy atom. The van der Waals surface area contributed by atoms with E-state index < -0.39 is 12.1 Å². The predicted molar refractivity (Wildman–Crippen MR) is 297 cm³/mol. The number of hydrogen-bond acceptors (Lipinski definition) is 5. The molecule has 0 bridgehead atoms. The standard InChI is InChI=1S/C62H123NO5/c1-3-5-7-9-11-13-15-17-19-20-23-27-30-34-38-42-46-50-54-60(65)59(58-64)63-61(66)55-51-47-43-39-35-31-28-24-21-22-25-29-33-37-41-45-49-53-57-68-62(67)56-52-48-44-40-36-32-26-18-16-14-12-10-8-6-4-2/h59-60,64-65H,3-58H2,1-2H3,(H,63,66). The smallest absolute Gasteiger partial charge is 0.305 e.